The maximum atomic E-state index is 5.59. The Morgan fingerprint density at radius 3 is 1.54 bits per heavy atom. The van der Waals surface area contributed by atoms with Crippen LogP contribution in [0.4, 0.5) is 0 Å². The van der Waals surface area contributed by atoms with E-state index >= 15 is 0 Å². The summed E-state index contributed by atoms with van der Waals surface area (Å²) >= 11 is 0. The Hall–Kier alpha value is -1.50. The van der Waals surface area contributed by atoms with Gasteiger partial charge in [-0.05, 0) is 73.3 Å². The molecule has 6 nitrogen and oxygen atoms in total. The molecule has 0 N–H and O–H groups in total. The molecule has 1 aromatic carbocycles. The molecule has 0 spiro atoms. The molecule has 0 saturated carbocycles. The first-order valence-corrected chi connectivity index (χ1v) is 9.22. The second-order valence-electron chi connectivity index (χ2n) is 7.11. The minimum absolute atomic E-state index is 0.694. The smallest absolute Gasteiger partial charge is 0.164 e. The second-order valence-corrected chi connectivity index (χ2v) is 7.11. The lowest BCUT2D eigenvalue weighted by molar-refractivity contribution is 0.230. The van der Waals surface area contributed by atoms with Crippen molar-refractivity contribution in [1.29, 1.82) is 0 Å². The number of ether oxygens (including phenoxy) is 3. The predicted molar refractivity (Wildman–Crippen MR) is 108 cm³/mol. The van der Waals surface area contributed by atoms with Gasteiger partial charge >= 0.3 is 0 Å². The van der Waals surface area contributed by atoms with Crippen molar-refractivity contribution in [3.05, 3.63) is 17.7 Å². The first-order valence-electron chi connectivity index (χ1n) is 9.22. The van der Waals surface area contributed by atoms with Crippen LogP contribution in [0.25, 0.3) is 0 Å². The number of hydrogen-bond donors (Lipinski definition) is 0. The van der Waals surface area contributed by atoms with Gasteiger partial charge in [0.05, 0.1) is 21.3 Å². The molecule has 0 aliphatic carbocycles. The molecular weight excluding hydrogens is 330 g/mol. The van der Waals surface area contributed by atoms with Gasteiger partial charge in [0.1, 0.15) is 5.75 Å². The zero-order valence-electron chi connectivity index (χ0n) is 17.7. The molecule has 6 heteroatoms. The van der Waals surface area contributed by atoms with Crippen LogP contribution in [0.3, 0.4) is 0 Å². The highest BCUT2D eigenvalue weighted by Gasteiger charge is 2.15. The highest BCUT2D eigenvalue weighted by molar-refractivity contribution is 5.50. The van der Waals surface area contributed by atoms with Crippen LogP contribution in [0, 0.1) is 0 Å². The van der Waals surface area contributed by atoms with Crippen LogP contribution in [0.15, 0.2) is 12.1 Å². The average Bonchev–Trinajstić information content (AvgIpc) is 2.60. The van der Waals surface area contributed by atoms with Gasteiger partial charge in [-0.15, -0.1) is 0 Å². The number of benzene rings is 1. The molecule has 0 unspecified atom stereocenters. The SMILES string of the molecule is COc1cc(OC)c(OC)cc1CN(CCCN(C)C)CCCN(C)C. The third kappa shape index (κ3) is 7.81. The van der Waals surface area contributed by atoms with Gasteiger partial charge in [-0.1, -0.05) is 0 Å². The Labute approximate surface area is 159 Å². The van der Waals surface area contributed by atoms with Gasteiger partial charge in [-0.2, -0.15) is 0 Å². The number of rotatable bonds is 13. The fraction of sp³-hybridized carbons (Fsp3) is 0.700. The minimum atomic E-state index is 0.694. The van der Waals surface area contributed by atoms with Crippen LogP contribution in [0.5, 0.6) is 17.2 Å². The third-order valence-corrected chi connectivity index (χ3v) is 4.34. The second kappa shape index (κ2) is 12.0. The normalized spacial score (nSPS) is 11.5. The van der Waals surface area contributed by atoms with Gasteiger partial charge in [-0.25, -0.2) is 0 Å². The van der Waals surface area contributed by atoms with E-state index in [1.54, 1.807) is 21.3 Å². The van der Waals surface area contributed by atoms with Gasteiger partial charge in [0, 0.05) is 18.2 Å². The summed E-state index contributed by atoms with van der Waals surface area (Å²) in [5.74, 6) is 2.28. The summed E-state index contributed by atoms with van der Waals surface area (Å²) in [6.45, 7) is 5.14. The van der Waals surface area contributed by atoms with Gasteiger partial charge < -0.3 is 24.0 Å². The fourth-order valence-corrected chi connectivity index (χ4v) is 2.95. The molecule has 0 atom stereocenters. The lowest BCUT2D eigenvalue weighted by Gasteiger charge is -2.25. The highest BCUT2D eigenvalue weighted by Crippen LogP contribution is 2.35. The summed E-state index contributed by atoms with van der Waals surface area (Å²) in [4.78, 5) is 6.96. The van der Waals surface area contributed by atoms with E-state index in [1.165, 1.54) is 0 Å². The monoisotopic (exact) mass is 367 g/mol. The predicted octanol–water partition coefficient (Wildman–Crippen LogP) is 2.42. The zero-order valence-corrected chi connectivity index (χ0v) is 17.7. The Kier molecular flexibility index (Phi) is 10.4. The third-order valence-electron chi connectivity index (χ3n) is 4.34. The fourth-order valence-electron chi connectivity index (χ4n) is 2.95. The Bertz CT molecular complexity index is 507. The molecule has 0 fully saturated rings. The first kappa shape index (κ1) is 22.5. The molecule has 0 amide bonds. The molecule has 0 aliphatic heterocycles. The summed E-state index contributed by atoms with van der Waals surface area (Å²) in [6.07, 6.45) is 2.29. The molecule has 0 aliphatic rings. The molecule has 150 valence electrons. The Balaban J connectivity index is 2.88. The Morgan fingerprint density at radius 1 is 0.654 bits per heavy atom. The summed E-state index contributed by atoms with van der Waals surface area (Å²) in [6, 6.07) is 3.94. The van der Waals surface area contributed by atoms with Gasteiger partial charge in [0.25, 0.3) is 0 Å². The quantitative estimate of drug-likeness (QED) is 0.533. The van der Waals surface area contributed by atoms with Gasteiger partial charge in [-0.3, -0.25) is 4.90 Å². The van der Waals surface area contributed by atoms with Crippen LogP contribution in [0.1, 0.15) is 18.4 Å². The van der Waals surface area contributed by atoms with Crippen molar-refractivity contribution in [2.75, 3.05) is 75.7 Å². The van der Waals surface area contributed by atoms with E-state index in [2.05, 4.69) is 42.9 Å². The maximum Gasteiger partial charge on any atom is 0.164 e. The summed E-state index contributed by atoms with van der Waals surface area (Å²) in [7, 11) is 13.5. The highest BCUT2D eigenvalue weighted by atomic mass is 16.5. The Morgan fingerprint density at radius 2 is 1.12 bits per heavy atom. The van der Waals surface area contributed by atoms with Crippen molar-refractivity contribution in [1.82, 2.24) is 14.7 Å². The molecule has 0 aromatic heterocycles. The van der Waals surface area contributed by atoms with Crippen molar-refractivity contribution < 1.29 is 14.2 Å². The van der Waals surface area contributed by atoms with E-state index in [0.717, 1.165) is 62.6 Å². The molecule has 26 heavy (non-hydrogen) atoms. The van der Waals surface area contributed by atoms with Crippen molar-refractivity contribution in [2.45, 2.75) is 19.4 Å². The molecular formula is C20H37N3O3. The number of methoxy groups -OCH3 is 3. The van der Waals surface area contributed by atoms with E-state index in [9.17, 15) is 0 Å². The molecule has 0 saturated heterocycles. The van der Waals surface area contributed by atoms with Crippen LogP contribution in [-0.4, -0.2) is 90.4 Å². The lowest BCUT2D eigenvalue weighted by Crippen LogP contribution is -2.30. The van der Waals surface area contributed by atoms with Crippen molar-refractivity contribution >= 4 is 0 Å². The van der Waals surface area contributed by atoms with Gasteiger partial charge in [0.15, 0.2) is 11.5 Å². The molecule has 0 radical (unpaired) electrons. The van der Waals surface area contributed by atoms with E-state index in [0.29, 0.717) is 5.75 Å². The van der Waals surface area contributed by atoms with E-state index in [-0.39, 0.29) is 0 Å². The summed E-state index contributed by atoms with van der Waals surface area (Å²) in [5, 5.41) is 0. The molecule has 1 rings (SSSR count). The zero-order chi connectivity index (χ0) is 19.5. The van der Waals surface area contributed by atoms with Crippen molar-refractivity contribution in [3.63, 3.8) is 0 Å². The standard InChI is InChI=1S/C20H37N3O3/c1-21(2)10-8-12-23(13-9-11-22(3)4)16-17-14-19(25-6)20(26-7)15-18(17)24-5/h14-15H,8-13,16H2,1-7H3. The van der Waals surface area contributed by atoms with E-state index in [1.807, 2.05) is 12.1 Å². The first-order chi connectivity index (χ1) is 12.4. The average molecular weight is 368 g/mol. The number of nitrogens with zero attached hydrogens (tertiary/aromatic N) is 3. The molecule has 1 aromatic rings. The lowest BCUT2D eigenvalue weighted by atomic mass is 10.1. The molecule has 0 bridgehead atoms. The van der Waals surface area contributed by atoms with E-state index < -0.39 is 0 Å². The molecule has 0 heterocycles. The minimum Gasteiger partial charge on any atom is -0.496 e. The topological polar surface area (TPSA) is 37.4 Å². The van der Waals surface area contributed by atoms with Crippen molar-refractivity contribution in [2.24, 2.45) is 0 Å². The van der Waals surface area contributed by atoms with E-state index in [4.69, 9.17) is 14.2 Å². The van der Waals surface area contributed by atoms with Crippen LogP contribution in [-0.2, 0) is 6.54 Å². The summed E-state index contributed by atoms with van der Waals surface area (Å²) in [5.41, 5.74) is 1.12. The van der Waals surface area contributed by atoms with Crippen molar-refractivity contribution in [3.8, 4) is 17.2 Å². The summed E-state index contributed by atoms with van der Waals surface area (Å²) < 4.78 is 16.5. The largest absolute Gasteiger partial charge is 0.496 e. The van der Waals surface area contributed by atoms with Crippen LogP contribution < -0.4 is 14.2 Å². The van der Waals surface area contributed by atoms with Gasteiger partial charge in [0.2, 0.25) is 0 Å². The maximum absolute atomic E-state index is 5.59. The van der Waals surface area contributed by atoms with Crippen LogP contribution >= 0.6 is 0 Å². The van der Waals surface area contributed by atoms with Crippen LogP contribution in [0.2, 0.25) is 0 Å². The number of hydrogen-bond acceptors (Lipinski definition) is 6.